The number of carbonyl (C=O) groups is 2. The number of rotatable bonds is 9. The quantitative estimate of drug-likeness (QED) is 0.321. The molecule has 0 aliphatic carbocycles. The second-order valence-electron chi connectivity index (χ2n) is 10.1. The molecule has 1 unspecified atom stereocenters. The maximum absolute atomic E-state index is 13.3. The van der Waals surface area contributed by atoms with E-state index in [0.717, 1.165) is 56.4 Å². The minimum Gasteiger partial charge on any atom is -0.347 e. The number of likely N-dealkylation sites (tertiary alicyclic amines) is 1. The van der Waals surface area contributed by atoms with Crippen molar-refractivity contribution in [3.8, 4) is 0 Å². The van der Waals surface area contributed by atoms with Gasteiger partial charge in [-0.25, -0.2) is 0 Å². The molecular formula is C31H35Cl2N3O2. The number of benzene rings is 3. The molecule has 4 rings (SSSR count). The van der Waals surface area contributed by atoms with Crippen molar-refractivity contribution in [2.75, 3.05) is 26.7 Å². The molecule has 0 spiro atoms. The summed E-state index contributed by atoms with van der Waals surface area (Å²) in [5.74, 6) is -0.0273. The lowest BCUT2D eigenvalue weighted by Crippen LogP contribution is -2.52. The van der Waals surface area contributed by atoms with Crippen LogP contribution in [0.25, 0.3) is 0 Å². The van der Waals surface area contributed by atoms with E-state index in [9.17, 15) is 9.59 Å². The topological polar surface area (TPSA) is 52.7 Å². The standard InChI is InChI=1S/C31H35Cl2N3O2/c1-23(37)34-31(26-12-7-4-8-13-26)17-20-36(21-18-31)19-9-14-29(25-15-16-27(32)28(33)22-25)35(2)30(38)24-10-5-3-6-11-24/h3-8,10-13,15-16,22,29H,9,14,17-21H2,1-2H3,(H,34,37). The molecule has 1 saturated heterocycles. The highest BCUT2D eigenvalue weighted by atomic mass is 35.5. The average Bonchev–Trinajstić information content (AvgIpc) is 2.93. The fourth-order valence-corrected chi connectivity index (χ4v) is 5.78. The second kappa shape index (κ2) is 12.8. The van der Waals surface area contributed by atoms with Crippen LogP contribution in [-0.4, -0.2) is 48.3 Å². The monoisotopic (exact) mass is 551 g/mol. The zero-order chi connectivity index (χ0) is 27.1. The van der Waals surface area contributed by atoms with E-state index in [-0.39, 0.29) is 23.4 Å². The summed E-state index contributed by atoms with van der Waals surface area (Å²) in [6, 6.07) is 25.1. The van der Waals surface area contributed by atoms with Crippen LogP contribution in [0.3, 0.4) is 0 Å². The third kappa shape index (κ3) is 6.76. The van der Waals surface area contributed by atoms with Gasteiger partial charge in [-0.3, -0.25) is 9.59 Å². The van der Waals surface area contributed by atoms with Crippen LogP contribution in [-0.2, 0) is 10.3 Å². The Morgan fingerprint density at radius 3 is 2.18 bits per heavy atom. The van der Waals surface area contributed by atoms with Crippen molar-refractivity contribution in [3.63, 3.8) is 0 Å². The van der Waals surface area contributed by atoms with Gasteiger partial charge in [0.2, 0.25) is 5.91 Å². The summed E-state index contributed by atoms with van der Waals surface area (Å²) in [6.45, 7) is 4.29. The van der Waals surface area contributed by atoms with Crippen LogP contribution < -0.4 is 5.32 Å². The van der Waals surface area contributed by atoms with Crippen LogP contribution in [0.4, 0.5) is 0 Å². The van der Waals surface area contributed by atoms with Crippen molar-refractivity contribution in [1.82, 2.24) is 15.1 Å². The number of piperidine rings is 1. The number of nitrogens with zero attached hydrogens (tertiary/aromatic N) is 2. The van der Waals surface area contributed by atoms with Crippen LogP contribution in [0.1, 0.15) is 60.1 Å². The molecule has 7 heteroatoms. The molecule has 0 saturated carbocycles. The number of hydrogen-bond acceptors (Lipinski definition) is 3. The fraction of sp³-hybridized carbons (Fsp3) is 0.355. The van der Waals surface area contributed by atoms with Crippen molar-refractivity contribution < 1.29 is 9.59 Å². The maximum atomic E-state index is 13.3. The molecule has 0 radical (unpaired) electrons. The first-order valence-corrected chi connectivity index (χ1v) is 13.9. The largest absolute Gasteiger partial charge is 0.347 e. The van der Waals surface area contributed by atoms with E-state index < -0.39 is 0 Å². The smallest absolute Gasteiger partial charge is 0.254 e. The Kier molecular flexibility index (Phi) is 9.48. The summed E-state index contributed by atoms with van der Waals surface area (Å²) >= 11 is 12.5. The molecule has 2 amide bonds. The predicted molar refractivity (Wildman–Crippen MR) is 155 cm³/mol. The van der Waals surface area contributed by atoms with E-state index in [4.69, 9.17) is 23.2 Å². The Morgan fingerprint density at radius 2 is 1.58 bits per heavy atom. The molecule has 38 heavy (non-hydrogen) atoms. The first-order valence-electron chi connectivity index (χ1n) is 13.1. The Morgan fingerprint density at radius 1 is 0.947 bits per heavy atom. The number of hydrogen-bond donors (Lipinski definition) is 1. The van der Waals surface area contributed by atoms with Gasteiger partial charge in [-0.15, -0.1) is 0 Å². The molecule has 3 aromatic carbocycles. The molecule has 1 heterocycles. The van der Waals surface area contributed by atoms with Gasteiger partial charge in [0, 0.05) is 32.6 Å². The predicted octanol–water partition coefficient (Wildman–Crippen LogP) is 6.71. The molecule has 1 atom stereocenters. The second-order valence-corrected chi connectivity index (χ2v) is 10.9. The summed E-state index contributed by atoms with van der Waals surface area (Å²) in [6.07, 6.45) is 3.42. The van der Waals surface area contributed by atoms with Crippen molar-refractivity contribution >= 4 is 35.0 Å². The van der Waals surface area contributed by atoms with Crippen molar-refractivity contribution in [3.05, 3.63) is 106 Å². The minimum absolute atomic E-state index is 0.00195. The highest BCUT2D eigenvalue weighted by Crippen LogP contribution is 2.34. The van der Waals surface area contributed by atoms with E-state index in [0.29, 0.717) is 15.6 Å². The Bertz CT molecular complexity index is 1230. The van der Waals surface area contributed by atoms with Crippen molar-refractivity contribution in [2.45, 2.75) is 44.2 Å². The van der Waals surface area contributed by atoms with Crippen LogP contribution in [0, 0.1) is 0 Å². The number of nitrogens with one attached hydrogen (secondary N) is 1. The molecule has 1 N–H and O–H groups in total. The normalized spacial score (nSPS) is 16.0. The third-order valence-corrected chi connectivity index (χ3v) is 8.28. The van der Waals surface area contributed by atoms with E-state index in [1.165, 1.54) is 0 Å². The minimum atomic E-state index is -0.325. The summed E-state index contributed by atoms with van der Waals surface area (Å²) in [4.78, 5) is 29.6. The molecule has 3 aromatic rings. The van der Waals surface area contributed by atoms with Gasteiger partial charge in [0.05, 0.1) is 21.6 Å². The molecule has 0 bridgehead atoms. The molecule has 5 nitrogen and oxygen atoms in total. The van der Waals surface area contributed by atoms with Gasteiger partial charge in [0.25, 0.3) is 5.91 Å². The number of amides is 2. The zero-order valence-corrected chi connectivity index (χ0v) is 23.5. The lowest BCUT2D eigenvalue weighted by molar-refractivity contribution is -0.121. The Balaban J connectivity index is 1.43. The van der Waals surface area contributed by atoms with E-state index >= 15 is 0 Å². The van der Waals surface area contributed by atoms with Crippen LogP contribution in [0.15, 0.2) is 78.9 Å². The Labute approximate surface area is 235 Å². The third-order valence-electron chi connectivity index (χ3n) is 7.54. The zero-order valence-electron chi connectivity index (χ0n) is 22.0. The van der Waals surface area contributed by atoms with Gasteiger partial charge >= 0.3 is 0 Å². The highest BCUT2D eigenvalue weighted by Gasteiger charge is 2.36. The van der Waals surface area contributed by atoms with Crippen LogP contribution >= 0.6 is 23.2 Å². The Hall–Kier alpha value is -2.86. The summed E-state index contributed by atoms with van der Waals surface area (Å²) in [5, 5.41) is 4.24. The maximum Gasteiger partial charge on any atom is 0.254 e. The van der Waals surface area contributed by atoms with Crippen molar-refractivity contribution in [2.24, 2.45) is 0 Å². The fourth-order valence-electron chi connectivity index (χ4n) is 5.48. The molecule has 200 valence electrons. The van der Waals surface area contributed by atoms with Gasteiger partial charge in [-0.2, -0.15) is 0 Å². The lowest BCUT2D eigenvalue weighted by atomic mass is 9.80. The van der Waals surface area contributed by atoms with E-state index in [1.54, 1.807) is 13.0 Å². The SMILES string of the molecule is CC(=O)NC1(c2ccccc2)CCN(CCCC(c2ccc(Cl)c(Cl)c2)N(C)C(=O)c2ccccc2)CC1. The molecule has 1 fully saturated rings. The summed E-state index contributed by atoms with van der Waals surface area (Å²) in [5.41, 5.74) is 2.47. The van der Waals surface area contributed by atoms with Crippen LogP contribution in [0.2, 0.25) is 10.0 Å². The lowest BCUT2D eigenvalue weighted by Gasteiger charge is -2.43. The first-order chi connectivity index (χ1) is 18.3. The average molecular weight is 553 g/mol. The summed E-state index contributed by atoms with van der Waals surface area (Å²) < 4.78 is 0. The van der Waals surface area contributed by atoms with E-state index in [2.05, 4.69) is 22.3 Å². The van der Waals surface area contributed by atoms with Gasteiger partial charge in [0.1, 0.15) is 0 Å². The number of halogens is 2. The van der Waals surface area contributed by atoms with Gasteiger partial charge in [-0.05, 0) is 67.6 Å². The number of carbonyl (C=O) groups excluding carboxylic acids is 2. The van der Waals surface area contributed by atoms with Crippen LogP contribution in [0.5, 0.6) is 0 Å². The van der Waals surface area contributed by atoms with Gasteiger partial charge in [-0.1, -0.05) is 77.8 Å². The molecule has 1 aliphatic rings. The summed E-state index contributed by atoms with van der Waals surface area (Å²) in [7, 11) is 1.85. The van der Waals surface area contributed by atoms with Gasteiger partial charge in [0.15, 0.2) is 0 Å². The van der Waals surface area contributed by atoms with Crippen molar-refractivity contribution in [1.29, 1.82) is 0 Å². The first kappa shape index (κ1) is 28.2. The molecule has 0 aromatic heterocycles. The highest BCUT2D eigenvalue weighted by molar-refractivity contribution is 6.42. The van der Waals surface area contributed by atoms with E-state index in [1.807, 2.05) is 72.6 Å². The van der Waals surface area contributed by atoms with Gasteiger partial charge < -0.3 is 15.1 Å². The molecular weight excluding hydrogens is 517 g/mol. The molecule has 1 aliphatic heterocycles.